The van der Waals surface area contributed by atoms with E-state index in [4.69, 9.17) is 4.74 Å². The first kappa shape index (κ1) is 21.6. The third-order valence-corrected chi connectivity index (χ3v) is 6.34. The molecule has 31 heavy (non-hydrogen) atoms. The van der Waals surface area contributed by atoms with Gasteiger partial charge in [-0.05, 0) is 62.7 Å². The molecule has 2 heterocycles. The van der Waals surface area contributed by atoms with Crippen LogP contribution in [0.15, 0.2) is 48.5 Å². The van der Waals surface area contributed by atoms with Gasteiger partial charge in [0.05, 0.1) is 12.3 Å². The number of anilines is 1. The van der Waals surface area contributed by atoms with Crippen LogP contribution in [0.25, 0.3) is 0 Å². The topological polar surface area (TPSA) is 36.0 Å². The van der Waals surface area contributed by atoms with E-state index in [0.717, 1.165) is 38.2 Å². The molecule has 2 aliphatic heterocycles. The zero-order valence-corrected chi connectivity index (χ0v) is 18.3. The number of hydrogen-bond donors (Lipinski definition) is 0. The largest absolute Gasteiger partial charge is 0.494 e. The van der Waals surface area contributed by atoms with Crippen molar-refractivity contribution in [2.45, 2.75) is 26.3 Å². The number of amides is 1. The molecule has 0 N–H and O–H groups in total. The van der Waals surface area contributed by atoms with Gasteiger partial charge in [-0.15, -0.1) is 0 Å². The molecule has 0 unspecified atom stereocenters. The zero-order chi connectivity index (χ0) is 21.6. The van der Waals surface area contributed by atoms with Crippen LogP contribution in [0.5, 0.6) is 5.75 Å². The fraction of sp³-hybridized carbons (Fsp3) is 0.480. The number of likely N-dealkylation sites (tertiary alicyclic amines) is 1. The molecule has 0 aliphatic carbocycles. The summed E-state index contributed by atoms with van der Waals surface area (Å²) >= 11 is 0. The molecule has 2 fully saturated rings. The summed E-state index contributed by atoms with van der Waals surface area (Å²) in [7, 11) is 0. The van der Waals surface area contributed by atoms with Gasteiger partial charge in [-0.3, -0.25) is 9.69 Å². The fourth-order valence-corrected chi connectivity index (χ4v) is 4.63. The van der Waals surface area contributed by atoms with E-state index >= 15 is 0 Å². The first-order chi connectivity index (χ1) is 15.1. The van der Waals surface area contributed by atoms with Crippen molar-refractivity contribution < 1.29 is 13.9 Å². The Kier molecular flexibility index (Phi) is 7.07. The lowest BCUT2D eigenvalue weighted by Gasteiger charge is -2.39. The first-order valence-corrected chi connectivity index (χ1v) is 11.4. The summed E-state index contributed by atoms with van der Waals surface area (Å²) in [5.41, 5.74) is 1.89. The molecule has 1 amide bonds. The summed E-state index contributed by atoms with van der Waals surface area (Å²) in [6.07, 6.45) is 1.80. The van der Waals surface area contributed by atoms with E-state index in [1.807, 2.05) is 41.0 Å². The van der Waals surface area contributed by atoms with Gasteiger partial charge < -0.3 is 14.5 Å². The Hall–Kier alpha value is -2.60. The molecule has 0 bridgehead atoms. The number of carbonyl (C=O) groups is 1. The van der Waals surface area contributed by atoms with E-state index in [0.29, 0.717) is 38.5 Å². The number of hydrogen-bond acceptors (Lipinski definition) is 4. The molecule has 0 aromatic heterocycles. The van der Waals surface area contributed by atoms with Gasteiger partial charge in [-0.25, -0.2) is 4.39 Å². The summed E-state index contributed by atoms with van der Waals surface area (Å²) in [5.74, 6) is 1.10. The molecule has 2 saturated heterocycles. The van der Waals surface area contributed by atoms with Crippen LogP contribution in [-0.4, -0.2) is 61.6 Å². The van der Waals surface area contributed by atoms with Crippen molar-refractivity contribution in [1.29, 1.82) is 0 Å². The van der Waals surface area contributed by atoms with Crippen molar-refractivity contribution >= 4 is 11.6 Å². The van der Waals surface area contributed by atoms with Gasteiger partial charge in [0.2, 0.25) is 5.91 Å². The van der Waals surface area contributed by atoms with Crippen LogP contribution in [0.3, 0.4) is 0 Å². The number of piperidine rings is 1. The summed E-state index contributed by atoms with van der Waals surface area (Å²) in [4.78, 5) is 19.5. The smallest absolute Gasteiger partial charge is 0.225 e. The molecule has 2 aromatic carbocycles. The maximum atomic E-state index is 14.0. The molecule has 5 nitrogen and oxygen atoms in total. The molecule has 0 spiro atoms. The monoisotopic (exact) mass is 425 g/mol. The highest BCUT2D eigenvalue weighted by Crippen LogP contribution is 2.25. The molecule has 2 aliphatic rings. The molecule has 4 rings (SSSR count). The average Bonchev–Trinajstić information content (AvgIpc) is 2.80. The van der Waals surface area contributed by atoms with Crippen molar-refractivity contribution in [3.05, 3.63) is 59.9 Å². The van der Waals surface area contributed by atoms with Crippen LogP contribution >= 0.6 is 0 Å². The molecule has 6 heteroatoms. The fourth-order valence-electron chi connectivity index (χ4n) is 4.63. The summed E-state index contributed by atoms with van der Waals surface area (Å²) in [6.45, 7) is 8.12. The summed E-state index contributed by atoms with van der Waals surface area (Å²) in [6, 6.07) is 15.1. The number of ether oxygens (including phenoxy) is 1. The second kappa shape index (κ2) is 10.1. The van der Waals surface area contributed by atoms with Crippen molar-refractivity contribution in [2.24, 2.45) is 5.92 Å². The lowest BCUT2D eigenvalue weighted by Crippen LogP contribution is -2.51. The van der Waals surface area contributed by atoms with E-state index in [2.05, 4.69) is 17.0 Å². The summed E-state index contributed by atoms with van der Waals surface area (Å²) < 4.78 is 19.6. The average molecular weight is 426 g/mol. The van der Waals surface area contributed by atoms with E-state index in [1.165, 1.54) is 11.6 Å². The van der Waals surface area contributed by atoms with Gasteiger partial charge in [-0.2, -0.15) is 0 Å². The number of halogens is 1. The molecule has 166 valence electrons. The van der Waals surface area contributed by atoms with Crippen LogP contribution in [0.1, 0.15) is 25.3 Å². The second-order valence-electron chi connectivity index (χ2n) is 8.39. The Morgan fingerprint density at radius 1 is 1.00 bits per heavy atom. The number of benzene rings is 2. The molecule has 0 atom stereocenters. The normalized spacial score (nSPS) is 18.3. The van der Waals surface area contributed by atoms with Crippen molar-refractivity contribution in [1.82, 2.24) is 9.80 Å². The highest BCUT2D eigenvalue weighted by atomic mass is 19.1. The molecule has 2 aromatic rings. The van der Waals surface area contributed by atoms with Crippen LogP contribution in [0.2, 0.25) is 0 Å². The minimum absolute atomic E-state index is 0.103. The van der Waals surface area contributed by atoms with E-state index in [-0.39, 0.29) is 17.6 Å². The minimum atomic E-state index is -0.193. The minimum Gasteiger partial charge on any atom is -0.494 e. The third kappa shape index (κ3) is 5.37. The van der Waals surface area contributed by atoms with E-state index in [9.17, 15) is 9.18 Å². The number of rotatable bonds is 6. The van der Waals surface area contributed by atoms with E-state index in [1.54, 1.807) is 6.07 Å². The number of nitrogens with zero attached hydrogens (tertiary/aromatic N) is 3. The lowest BCUT2D eigenvalue weighted by molar-refractivity contribution is -0.137. The van der Waals surface area contributed by atoms with Crippen molar-refractivity contribution in [3.63, 3.8) is 0 Å². The maximum absolute atomic E-state index is 14.0. The van der Waals surface area contributed by atoms with Crippen molar-refractivity contribution in [3.8, 4) is 5.75 Å². The van der Waals surface area contributed by atoms with Gasteiger partial charge in [0.15, 0.2) is 0 Å². The van der Waals surface area contributed by atoms with Gasteiger partial charge in [0.1, 0.15) is 11.6 Å². The lowest BCUT2D eigenvalue weighted by atomic mass is 9.94. The standard InChI is InChI=1S/C25H32FN3O2/c1-2-31-22-7-5-6-20(18-22)19-27-12-10-21(11-13-27)25(30)29-16-14-28(15-17-29)24-9-4-3-8-23(24)26/h3-9,18,21H,2,10-17,19H2,1H3. The van der Waals surface area contributed by atoms with Gasteiger partial charge >= 0.3 is 0 Å². The van der Waals surface area contributed by atoms with Crippen LogP contribution in [0.4, 0.5) is 10.1 Å². The van der Waals surface area contributed by atoms with Gasteiger partial charge in [-0.1, -0.05) is 24.3 Å². The highest BCUT2D eigenvalue weighted by Gasteiger charge is 2.30. The van der Waals surface area contributed by atoms with Crippen LogP contribution in [-0.2, 0) is 11.3 Å². The van der Waals surface area contributed by atoms with Gasteiger partial charge in [0.25, 0.3) is 0 Å². The Morgan fingerprint density at radius 2 is 1.74 bits per heavy atom. The Labute approximate surface area is 184 Å². The maximum Gasteiger partial charge on any atom is 0.225 e. The Balaban J connectivity index is 1.24. The molecular formula is C25H32FN3O2. The quantitative estimate of drug-likeness (QED) is 0.706. The SMILES string of the molecule is CCOc1cccc(CN2CCC(C(=O)N3CCN(c4ccccc4F)CC3)CC2)c1. The second-order valence-corrected chi connectivity index (χ2v) is 8.39. The number of carbonyl (C=O) groups excluding carboxylic acids is 1. The van der Waals surface area contributed by atoms with Crippen molar-refractivity contribution in [2.75, 3.05) is 50.8 Å². The zero-order valence-electron chi connectivity index (χ0n) is 18.3. The Bertz CT molecular complexity index is 875. The number of piperazine rings is 1. The highest BCUT2D eigenvalue weighted by molar-refractivity contribution is 5.79. The predicted molar refractivity (Wildman–Crippen MR) is 121 cm³/mol. The molecular weight excluding hydrogens is 393 g/mol. The number of para-hydroxylation sites is 1. The van der Waals surface area contributed by atoms with Crippen LogP contribution < -0.4 is 9.64 Å². The first-order valence-electron chi connectivity index (χ1n) is 11.4. The third-order valence-electron chi connectivity index (χ3n) is 6.34. The van der Waals surface area contributed by atoms with Gasteiger partial charge in [0, 0.05) is 38.6 Å². The van der Waals surface area contributed by atoms with E-state index < -0.39 is 0 Å². The predicted octanol–water partition coefficient (Wildman–Crippen LogP) is 3.79. The Morgan fingerprint density at radius 3 is 2.45 bits per heavy atom. The van der Waals surface area contributed by atoms with Crippen LogP contribution in [0, 0.1) is 11.7 Å². The summed E-state index contributed by atoms with van der Waals surface area (Å²) in [5, 5.41) is 0. The molecule has 0 saturated carbocycles. The molecule has 0 radical (unpaired) electrons.